The average Bonchev–Trinajstić information content (AvgIpc) is 3.56. The Kier molecular flexibility index (Phi) is 6.79. The van der Waals surface area contributed by atoms with Crippen LogP contribution < -0.4 is 15.5 Å². The van der Waals surface area contributed by atoms with E-state index in [1.54, 1.807) is 0 Å². The van der Waals surface area contributed by atoms with Gasteiger partial charge in [-0.1, -0.05) is 6.92 Å². The van der Waals surface area contributed by atoms with Gasteiger partial charge in [-0.2, -0.15) is 13.2 Å². The van der Waals surface area contributed by atoms with Crippen molar-refractivity contribution >= 4 is 38.6 Å². The van der Waals surface area contributed by atoms with E-state index < -0.39 is 27.2 Å². The highest BCUT2D eigenvalue weighted by Crippen LogP contribution is 2.56. The molecule has 3 aromatic heterocycles. The molecule has 5 heterocycles. The number of aromatic nitrogens is 3. The number of nitrogens with one attached hydrogen (secondary N) is 2. The van der Waals surface area contributed by atoms with E-state index in [0.29, 0.717) is 35.9 Å². The fourth-order valence-corrected chi connectivity index (χ4v) is 8.32. The maximum absolute atomic E-state index is 14.1. The van der Waals surface area contributed by atoms with E-state index in [1.165, 1.54) is 6.07 Å². The summed E-state index contributed by atoms with van der Waals surface area (Å²) in [5, 5.41) is 6.45. The summed E-state index contributed by atoms with van der Waals surface area (Å²) in [5.41, 5.74) is -0.813. The quantitative estimate of drug-likeness (QED) is 0.441. The van der Waals surface area contributed by atoms with Gasteiger partial charge in [0.05, 0.1) is 44.1 Å². The van der Waals surface area contributed by atoms with Crippen LogP contribution in [0.5, 0.6) is 0 Å². The van der Waals surface area contributed by atoms with Crippen LogP contribution in [0.3, 0.4) is 0 Å². The van der Waals surface area contributed by atoms with Crippen molar-refractivity contribution in [2.75, 3.05) is 42.2 Å². The molecule has 1 saturated carbocycles. The molecule has 0 radical (unpaired) electrons. The number of ether oxygens (including phenoxy) is 1. The number of halogens is 3. The molecule has 0 unspecified atom stereocenters. The van der Waals surface area contributed by atoms with Crippen molar-refractivity contribution in [3.63, 3.8) is 0 Å². The second kappa shape index (κ2) is 9.93. The van der Waals surface area contributed by atoms with Crippen molar-refractivity contribution in [3.05, 3.63) is 40.5 Å². The lowest BCUT2D eigenvalue weighted by atomic mass is 10.2. The zero-order valence-corrected chi connectivity index (χ0v) is 23.6. The summed E-state index contributed by atoms with van der Waals surface area (Å²) < 4.78 is 73.9. The number of fused-ring (bicyclic) bond motifs is 2. The molecule has 3 aromatic rings. The first-order chi connectivity index (χ1) is 19.0. The smallest absolute Gasteiger partial charge is 0.368 e. The Morgan fingerprint density at radius 2 is 2.08 bits per heavy atom. The normalized spacial score (nSPS) is 21.6. The van der Waals surface area contributed by atoms with Crippen molar-refractivity contribution in [1.29, 1.82) is 0 Å². The van der Waals surface area contributed by atoms with Crippen molar-refractivity contribution in [2.24, 2.45) is 0 Å². The Morgan fingerprint density at radius 1 is 1.27 bits per heavy atom. The lowest BCUT2D eigenvalue weighted by Gasteiger charge is -2.33. The van der Waals surface area contributed by atoms with Gasteiger partial charge in [0.2, 0.25) is 5.95 Å². The number of thiophene rings is 1. The molecule has 2 fully saturated rings. The van der Waals surface area contributed by atoms with E-state index in [1.807, 2.05) is 19.1 Å². The van der Waals surface area contributed by atoms with Gasteiger partial charge >= 0.3 is 6.18 Å². The third-order valence-corrected chi connectivity index (χ3v) is 10.6. The minimum Gasteiger partial charge on any atom is -0.368 e. The van der Waals surface area contributed by atoms with E-state index in [0.717, 1.165) is 48.7 Å². The van der Waals surface area contributed by atoms with Crippen molar-refractivity contribution in [1.82, 2.24) is 20.3 Å². The number of aryl methyl sites for hydroxylation is 1. The maximum atomic E-state index is 14.1. The predicted molar refractivity (Wildman–Crippen MR) is 146 cm³/mol. The number of pyridine rings is 1. The zero-order valence-electron chi connectivity index (χ0n) is 22.0. The van der Waals surface area contributed by atoms with Gasteiger partial charge in [-0.05, 0) is 44.4 Å². The first-order valence-corrected chi connectivity index (χ1v) is 15.7. The fourth-order valence-electron chi connectivity index (χ4n) is 5.19. The average molecular weight is 595 g/mol. The van der Waals surface area contributed by atoms with Crippen LogP contribution in [0.25, 0.3) is 10.6 Å². The molecule has 9 nitrogen and oxygen atoms in total. The molecule has 214 valence electrons. The second-order valence-corrected chi connectivity index (χ2v) is 13.5. The molecule has 14 heteroatoms. The van der Waals surface area contributed by atoms with E-state index >= 15 is 0 Å². The topological polar surface area (TPSA) is 109 Å². The standard InChI is InChI=1S/C26H29F3N6O3S2/c1-3-17-18(4-5-21(32-17)35-9-8-30-15(2)14-35)33-24-31-13-16(26(27,28)29)22(34-24)19-12-20-23(39-19)25(6-7-25)38-10-11-40(20,36)37/h4-5,12-13,15,30H,3,6-11,14H2,1-2H3,(H,31,33,34)/t15-/m1/s1. The van der Waals surface area contributed by atoms with E-state index in [-0.39, 0.29) is 33.8 Å². The Labute approximate surface area is 234 Å². The second-order valence-electron chi connectivity index (χ2n) is 10.4. The number of rotatable bonds is 5. The molecule has 2 N–H and O–H groups in total. The molecule has 1 aliphatic carbocycles. The molecule has 0 amide bonds. The van der Waals surface area contributed by atoms with Crippen LogP contribution in [0.15, 0.2) is 29.3 Å². The SMILES string of the molecule is CCc1nc(N2CCN[C@H](C)C2)ccc1Nc1ncc(C(F)(F)F)c(-c2cc3c(s2)C2(CC2)OCCS3(=O)=O)n1. The van der Waals surface area contributed by atoms with Crippen LogP contribution in [0, 0.1) is 0 Å². The molecule has 1 saturated heterocycles. The first-order valence-electron chi connectivity index (χ1n) is 13.2. The summed E-state index contributed by atoms with van der Waals surface area (Å²) in [7, 11) is -3.70. The van der Waals surface area contributed by atoms with Gasteiger partial charge in [0.1, 0.15) is 17.0 Å². The molecule has 1 spiro atoms. The number of piperazine rings is 1. The molecule has 0 aromatic carbocycles. The number of hydrogen-bond donors (Lipinski definition) is 2. The summed E-state index contributed by atoms with van der Waals surface area (Å²) in [6.07, 6.45) is -2.15. The lowest BCUT2D eigenvalue weighted by Crippen LogP contribution is -2.49. The first kappa shape index (κ1) is 27.4. The molecule has 2 aliphatic heterocycles. The van der Waals surface area contributed by atoms with Crippen LogP contribution >= 0.6 is 11.3 Å². The Morgan fingerprint density at radius 3 is 2.77 bits per heavy atom. The monoisotopic (exact) mass is 594 g/mol. The Balaban J connectivity index is 1.37. The zero-order chi connectivity index (χ0) is 28.3. The summed E-state index contributed by atoms with van der Waals surface area (Å²) in [5.74, 6) is 0.588. The highest BCUT2D eigenvalue weighted by Gasteiger charge is 2.52. The molecule has 3 aliphatic rings. The number of sulfone groups is 1. The van der Waals surface area contributed by atoms with Gasteiger partial charge in [-0.3, -0.25) is 0 Å². The van der Waals surface area contributed by atoms with Crippen LogP contribution in [-0.2, 0) is 32.8 Å². The molecule has 6 rings (SSSR count). The van der Waals surface area contributed by atoms with Crippen LogP contribution in [0.4, 0.5) is 30.6 Å². The van der Waals surface area contributed by atoms with Gasteiger partial charge in [-0.15, -0.1) is 11.3 Å². The Hall–Kier alpha value is -2.81. The van der Waals surface area contributed by atoms with Gasteiger partial charge in [0.15, 0.2) is 9.84 Å². The third kappa shape index (κ3) is 5.06. The highest BCUT2D eigenvalue weighted by atomic mass is 32.2. The maximum Gasteiger partial charge on any atom is 0.420 e. The van der Waals surface area contributed by atoms with Crippen LogP contribution in [-0.4, -0.2) is 61.4 Å². The summed E-state index contributed by atoms with van der Waals surface area (Å²) in [6, 6.07) is 5.36. The van der Waals surface area contributed by atoms with Crippen molar-refractivity contribution < 1.29 is 26.3 Å². The van der Waals surface area contributed by atoms with E-state index in [9.17, 15) is 21.6 Å². The summed E-state index contributed by atoms with van der Waals surface area (Å²) in [4.78, 5) is 15.8. The Bertz CT molecular complexity index is 1560. The minimum absolute atomic E-state index is 0.0353. The van der Waals surface area contributed by atoms with E-state index in [4.69, 9.17) is 9.72 Å². The number of nitrogens with zero attached hydrogens (tertiary/aromatic N) is 4. The molecule has 1 atom stereocenters. The molecular formula is C26H29F3N6O3S2. The number of anilines is 3. The van der Waals surface area contributed by atoms with Crippen LogP contribution in [0.1, 0.15) is 42.8 Å². The van der Waals surface area contributed by atoms with E-state index in [2.05, 4.69) is 32.4 Å². The van der Waals surface area contributed by atoms with Gasteiger partial charge in [0.25, 0.3) is 0 Å². The predicted octanol–water partition coefficient (Wildman–Crippen LogP) is 4.52. The fraction of sp³-hybridized carbons (Fsp3) is 0.500. The summed E-state index contributed by atoms with van der Waals surface area (Å²) in [6.45, 7) is 6.63. The van der Waals surface area contributed by atoms with Crippen LogP contribution in [0.2, 0.25) is 0 Å². The van der Waals surface area contributed by atoms with Gasteiger partial charge in [0, 0.05) is 31.9 Å². The third-order valence-electron chi connectivity index (χ3n) is 7.44. The molecular weight excluding hydrogens is 565 g/mol. The molecule has 40 heavy (non-hydrogen) atoms. The largest absolute Gasteiger partial charge is 0.420 e. The highest BCUT2D eigenvalue weighted by molar-refractivity contribution is 7.91. The van der Waals surface area contributed by atoms with Crippen molar-refractivity contribution in [3.8, 4) is 10.6 Å². The van der Waals surface area contributed by atoms with Gasteiger partial charge in [-0.25, -0.2) is 23.4 Å². The minimum atomic E-state index is -4.74. The van der Waals surface area contributed by atoms with Crippen molar-refractivity contribution in [2.45, 2.75) is 55.8 Å². The number of alkyl halides is 3. The molecule has 0 bridgehead atoms. The number of hydrogen-bond acceptors (Lipinski definition) is 10. The lowest BCUT2D eigenvalue weighted by molar-refractivity contribution is -0.137. The summed E-state index contributed by atoms with van der Waals surface area (Å²) >= 11 is 0.999. The van der Waals surface area contributed by atoms with Gasteiger partial charge < -0.3 is 20.3 Å².